The van der Waals surface area contributed by atoms with Crippen LogP contribution < -0.4 is 11.1 Å². The first-order valence-electron chi connectivity index (χ1n) is 11.8. The quantitative estimate of drug-likeness (QED) is 0.185. The Morgan fingerprint density at radius 1 is 0.633 bits per heavy atom. The summed E-state index contributed by atoms with van der Waals surface area (Å²) in [6.45, 7) is 17.0. The maximum Gasteiger partial charge on any atom is 0.500 e. The Kier molecular flexibility index (Phi) is 18.7. The molecule has 0 spiro atoms. The molecule has 0 aromatic rings. The van der Waals surface area contributed by atoms with Gasteiger partial charge in [-0.3, -0.25) is 0 Å². The Bertz CT molecular complexity index is 362. The molecule has 0 saturated carbocycles. The molecule has 1 unspecified atom stereocenters. The lowest BCUT2D eigenvalue weighted by Crippen LogP contribution is -2.47. The number of hydrogen-bond donors (Lipinski definition) is 2. The van der Waals surface area contributed by atoms with Crippen LogP contribution in [0.15, 0.2) is 0 Å². The van der Waals surface area contributed by atoms with Gasteiger partial charge in [0.25, 0.3) is 0 Å². The second-order valence-corrected chi connectivity index (χ2v) is 12.3. The first-order chi connectivity index (χ1) is 14.5. The fourth-order valence-electron chi connectivity index (χ4n) is 3.48. The molecule has 30 heavy (non-hydrogen) atoms. The van der Waals surface area contributed by atoms with E-state index in [2.05, 4.69) is 5.32 Å². The van der Waals surface area contributed by atoms with Crippen LogP contribution in [-0.2, 0) is 26.6 Å². The lowest BCUT2D eigenvalue weighted by Gasteiger charge is -2.29. The molecule has 182 valence electrons. The van der Waals surface area contributed by atoms with Gasteiger partial charge in [-0.1, -0.05) is 0 Å². The van der Waals surface area contributed by atoms with Gasteiger partial charge in [-0.15, -0.1) is 0 Å². The summed E-state index contributed by atoms with van der Waals surface area (Å²) in [6, 6.07) is 1.88. The first kappa shape index (κ1) is 30.1. The lowest BCUT2D eigenvalue weighted by molar-refractivity contribution is 0.0694. The minimum Gasteiger partial charge on any atom is -0.374 e. The molecule has 0 heterocycles. The summed E-state index contributed by atoms with van der Waals surface area (Å²) in [7, 11) is -5.15. The largest absolute Gasteiger partial charge is 0.500 e. The third-order valence-electron chi connectivity index (χ3n) is 4.60. The smallest absolute Gasteiger partial charge is 0.374 e. The molecule has 10 heteroatoms. The lowest BCUT2D eigenvalue weighted by atomic mass is 10.1. The van der Waals surface area contributed by atoms with E-state index in [0.29, 0.717) is 46.2 Å². The van der Waals surface area contributed by atoms with E-state index in [1.165, 1.54) is 0 Å². The Labute approximate surface area is 187 Å². The van der Waals surface area contributed by atoms with Crippen LogP contribution in [0, 0.1) is 0 Å². The molecular weight excluding hydrogens is 420 g/mol. The van der Waals surface area contributed by atoms with Crippen LogP contribution in [0.2, 0.25) is 12.1 Å². The van der Waals surface area contributed by atoms with E-state index < -0.39 is 17.6 Å². The molecule has 0 fully saturated rings. The van der Waals surface area contributed by atoms with Crippen molar-refractivity contribution in [1.82, 2.24) is 5.32 Å². The van der Waals surface area contributed by atoms with E-state index in [1.54, 1.807) is 0 Å². The van der Waals surface area contributed by atoms with E-state index in [9.17, 15) is 0 Å². The van der Waals surface area contributed by atoms with Crippen LogP contribution in [0.25, 0.3) is 0 Å². The zero-order valence-corrected chi connectivity index (χ0v) is 22.3. The standard InChI is InChI=1S/C20H48N2O6Si2/c1-7-23-29(24-8-2,25-9-3)17-13-15-20(19-21)22-16-14-18-30(26-10-4,27-11-5)28-12-6/h20,22H,7-19,21H2,1-6H3. The molecule has 1 atom stereocenters. The zero-order chi connectivity index (χ0) is 22.7. The molecule has 0 bridgehead atoms. The summed E-state index contributed by atoms with van der Waals surface area (Å²) in [4.78, 5) is 0. The van der Waals surface area contributed by atoms with Crippen molar-refractivity contribution in [3.05, 3.63) is 0 Å². The SMILES string of the molecule is CCO[Si](CCCNC(CN)CCC[Si](OCC)(OCC)OCC)(OCC)OCC. The van der Waals surface area contributed by atoms with E-state index in [1.807, 2.05) is 41.5 Å². The van der Waals surface area contributed by atoms with Gasteiger partial charge < -0.3 is 37.6 Å². The predicted octanol–water partition coefficient (Wildman–Crippen LogP) is 3.17. The van der Waals surface area contributed by atoms with Crippen LogP contribution in [0.3, 0.4) is 0 Å². The maximum absolute atomic E-state index is 6.00. The predicted molar refractivity (Wildman–Crippen MR) is 126 cm³/mol. The molecule has 0 aromatic heterocycles. The van der Waals surface area contributed by atoms with Crippen molar-refractivity contribution in [3.8, 4) is 0 Å². The van der Waals surface area contributed by atoms with Gasteiger partial charge in [0, 0.05) is 64.3 Å². The summed E-state index contributed by atoms with van der Waals surface area (Å²) in [5.41, 5.74) is 6.00. The third kappa shape index (κ3) is 12.2. The van der Waals surface area contributed by atoms with E-state index in [0.717, 1.165) is 37.9 Å². The molecule has 0 rings (SSSR count). The van der Waals surface area contributed by atoms with Crippen LogP contribution in [0.5, 0.6) is 0 Å². The normalized spacial score (nSPS) is 13.7. The highest BCUT2D eigenvalue weighted by atomic mass is 28.4. The fraction of sp³-hybridized carbons (Fsp3) is 1.00. The Morgan fingerprint density at radius 2 is 1.00 bits per heavy atom. The number of hydrogen-bond acceptors (Lipinski definition) is 8. The van der Waals surface area contributed by atoms with Gasteiger partial charge in [0.05, 0.1) is 0 Å². The average molecular weight is 469 g/mol. The Balaban J connectivity index is 4.51. The second kappa shape index (κ2) is 18.7. The molecular formula is C20H48N2O6Si2. The highest BCUT2D eigenvalue weighted by Crippen LogP contribution is 2.20. The number of nitrogens with two attached hydrogens (primary N) is 1. The molecule has 3 N–H and O–H groups in total. The molecule has 0 aliphatic carbocycles. The van der Waals surface area contributed by atoms with E-state index in [4.69, 9.17) is 32.3 Å². The zero-order valence-electron chi connectivity index (χ0n) is 20.3. The van der Waals surface area contributed by atoms with Gasteiger partial charge in [0.15, 0.2) is 0 Å². The monoisotopic (exact) mass is 468 g/mol. The topological polar surface area (TPSA) is 93.4 Å². The molecule has 0 aliphatic rings. The van der Waals surface area contributed by atoms with Gasteiger partial charge in [-0.25, -0.2) is 0 Å². The van der Waals surface area contributed by atoms with E-state index >= 15 is 0 Å². The second-order valence-electron chi connectivity index (χ2n) is 6.85. The van der Waals surface area contributed by atoms with Crippen molar-refractivity contribution >= 4 is 17.6 Å². The third-order valence-corrected chi connectivity index (χ3v) is 10.9. The first-order valence-corrected chi connectivity index (χ1v) is 15.6. The van der Waals surface area contributed by atoms with Crippen LogP contribution in [0.4, 0.5) is 0 Å². The van der Waals surface area contributed by atoms with Gasteiger partial charge in [-0.05, 0) is 67.3 Å². The highest BCUT2D eigenvalue weighted by Gasteiger charge is 2.40. The molecule has 0 radical (unpaired) electrons. The van der Waals surface area contributed by atoms with Crippen LogP contribution in [0.1, 0.15) is 60.8 Å². The van der Waals surface area contributed by atoms with Gasteiger partial charge in [0.1, 0.15) is 0 Å². The molecule has 0 aromatic carbocycles. The summed E-state index contributed by atoms with van der Waals surface area (Å²) >= 11 is 0. The van der Waals surface area contributed by atoms with Crippen molar-refractivity contribution in [2.24, 2.45) is 5.73 Å². The Hall–Kier alpha value is 0.114. The summed E-state index contributed by atoms with van der Waals surface area (Å²) < 4.78 is 35.6. The van der Waals surface area contributed by atoms with Crippen LogP contribution >= 0.6 is 0 Å². The number of rotatable bonds is 22. The molecule has 0 saturated heterocycles. The summed E-state index contributed by atoms with van der Waals surface area (Å²) in [6.07, 6.45) is 2.85. The fourth-order valence-corrected chi connectivity index (χ4v) is 8.73. The maximum atomic E-state index is 6.00. The minimum absolute atomic E-state index is 0.254. The van der Waals surface area contributed by atoms with Crippen molar-refractivity contribution in [3.63, 3.8) is 0 Å². The van der Waals surface area contributed by atoms with E-state index in [-0.39, 0.29) is 6.04 Å². The van der Waals surface area contributed by atoms with Crippen molar-refractivity contribution < 1.29 is 26.6 Å². The van der Waals surface area contributed by atoms with Crippen molar-refractivity contribution in [1.29, 1.82) is 0 Å². The summed E-state index contributed by atoms with van der Waals surface area (Å²) in [5, 5.41) is 3.57. The highest BCUT2D eigenvalue weighted by molar-refractivity contribution is 6.61. The van der Waals surface area contributed by atoms with Crippen molar-refractivity contribution in [2.45, 2.75) is 78.9 Å². The molecule has 0 amide bonds. The van der Waals surface area contributed by atoms with Gasteiger partial charge in [0.2, 0.25) is 0 Å². The molecule has 0 aliphatic heterocycles. The number of nitrogens with one attached hydrogen (secondary N) is 1. The average Bonchev–Trinajstić information content (AvgIpc) is 2.71. The molecule has 8 nitrogen and oxygen atoms in total. The van der Waals surface area contributed by atoms with Crippen molar-refractivity contribution in [2.75, 3.05) is 52.7 Å². The van der Waals surface area contributed by atoms with Gasteiger partial charge >= 0.3 is 17.6 Å². The minimum atomic E-state index is -2.58. The van der Waals surface area contributed by atoms with Gasteiger partial charge in [-0.2, -0.15) is 0 Å². The van der Waals surface area contributed by atoms with Crippen LogP contribution in [-0.4, -0.2) is 76.4 Å². The Morgan fingerprint density at radius 3 is 1.33 bits per heavy atom. The summed E-state index contributed by atoms with van der Waals surface area (Å²) in [5.74, 6) is 0.